The fraction of sp³-hybridized carbons (Fsp3) is 0.286. The number of carbonyl (C=O) groups excluding carboxylic acids is 2. The van der Waals surface area contributed by atoms with Crippen LogP contribution in [-0.4, -0.2) is 50.6 Å². The molecule has 2 aliphatic rings. The van der Waals surface area contributed by atoms with Crippen molar-refractivity contribution in [2.45, 2.75) is 24.9 Å². The van der Waals surface area contributed by atoms with E-state index in [2.05, 4.69) is 4.90 Å². The minimum absolute atomic E-state index is 0.142. The summed E-state index contributed by atoms with van der Waals surface area (Å²) < 4.78 is 16.5. The number of hydrogen-bond acceptors (Lipinski definition) is 6. The first-order valence-electron chi connectivity index (χ1n) is 11.6. The van der Waals surface area contributed by atoms with Gasteiger partial charge >= 0.3 is 0 Å². The summed E-state index contributed by atoms with van der Waals surface area (Å²) in [7, 11) is 4.88. The summed E-state index contributed by atoms with van der Waals surface area (Å²) in [5.74, 6) is 1.69. The van der Waals surface area contributed by atoms with Gasteiger partial charge in [-0.2, -0.15) is 0 Å². The Balaban J connectivity index is 1.59. The van der Waals surface area contributed by atoms with E-state index < -0.39 is 6.04 Å². The molecule has 3 aromatic carbocycles. The standard InChI is InChI=1S/C28H28N2O5/c1-33-21-11-9-18(10-12-21)27-22-16-25(35-3)24(34-2)15-19(22)13-14-29(27)23-17-26(31)30(28(23)32)20-7-5-4-6-8-20/h4-12,15-16,23,27H,13-14,17H2,1-3H3/t23-,27+/m0/s1. The van der Waals surface area contributed by atoms with Crippen molar-refractivity contribution in [2.75, 3.05) is 32.8 Å². The lowest BCUT2D eigenvalue weighted by molar-refractivity contribution is -0.123. The Morgan fingerprint density at radius 1 is 0.829 bits per heavy atom. The molecule has 7 heteroatoms. The summed E-state index contributed by atoms with van der Waals surface area (Å²) in [5, 5.41) is 0. The summed E-state index contributed by atoms with van der Waals surface area (Å²) in [6.45, 7) is 0.630. The van der Waals surface area contributed by atoms with Crippen LogP contribution >= 0.6 is 0 Å². The molecule has 0 bridgehead atoms. The number of nitrogens with zero attached hydrogens (tertiary/aromatic N) is 2. The van der Waals surface area contributed by atoms with E-state index in [-0.39, 0.29) is 24.3 Å². The maximum absolute atomic E-state index is 13.6. The van der Waals surface area contributed by atoms with E-state index in [9.17, 15) is 9.59 Å². The molecule has 0 spiro atoms. The first-order chi connectivity index (χ1) is 17.0. The summed E-state index contributed by atoms with van der Waals surface area (Å²) >= 11 is 0. The third-order valence-corrected chi connectivity index (χ3v) is 6.88. The molecule has 3 aromatic rings. The van der Waals surface area contributed by atoms with Gasteiger partial charge in [0.25, 0.3) is 5.91 Å². The van der Waals surface area contributed by atoms with Crippen LogP contribution < -0.4 is 19.1 Å². The van der Waals surface area contributed by atoms with Crippen molar-refractivity contribution in [3.63, 3.8) is 0 Å². The number of anilines is 1. The third kappa shape index (κ3) is 4.02. The first kappa shape index (κ1) is 22.9. The van der Waals surface area contributed by atoms with Gasteiger partial charge in [-0.15, -0.1) is 0 Å². The molecule has 0 aromatic heterocycles. The fourth-order valence-electron chi connectivity index (χ4n) is 5.18. The molecule has 5 rings (SSSR count). The van der Waals surface area contributed by atoms with E-state index in [0.717, 1.165) is 28.9 Å². The lowest BCUT2D eigenvalue weighted by Gasteiger charge is -2.40. The highest BCUT2D eigenvalue weighted by Crippen LogP contribution is 2.43. The van der Waals surface area contributed by atoms with Crippen molar-refractivity contribution in [3.05, 3.63) is 83.4 Å². The van der Waals surface area contributed by atoms with Crippen LogP contribution in [0.1, 0.15) is 29.2 Å². The molecule has 2 amide bonds. The number of methoxy groups -OCH3 is 3. The summed E-state index contributed by atoms with van der Waals surface area (Å²) in [5.41, 5.74) is 3.79. The highest BCUT2D eigenvalue weighted by atomic mass is 16.5. The van der Waals surface area contributed by atoms with Crippen molar-refractivity contribution in [1.29, 1.82) is 0 Å². The van der Waals surface area contributed by atoms with E-state index >= 15 is 0 Å². The van der Waals surface area contributed by atoms with Crippen molar-refractivity contribution in [3.8, 4) is 17.2 Å². The normalized spacial score (nSPS) is 20.0. The second-order valence-corrected chi connectivity index (χ2v) is 8.69. The number of carbonyl (C=O) groups is 2. The van der Waals surface area contributed by atoms with Crippen LogP contribution in [-0.2, 0) is 16.0 Å². The van der Waals surface area contributed by atoms with Gasteiger partial charge in [0.2, 0.25) is 5.91 Å². The van der Waals surface area contributed by atoms with Gasteiger partial charge in [0, 0.05) is 6.54 Å². The topological polar surface area (TPSA) is 68.3 Å². The minimum Gasteiger partial charge on any atom is -0.497 e. The van der Waals surface area contributed by atoms with Crippen molar-refractivity contribution >= 4 is 17.5 Å². The van der Waals surface area contributed by atoms with E-state index in [0.29, 0.717) is 23.7 Å². The van der Waals surface area contributed by atoms with Crippen LogP contribution in [0, 0.1) is 0 Å². The van der Waals surface area contributed by atoms with Crippen LogP contribution in [0.4, 0.5) is 5.69 Å². The number of fused-ring (bicyclic) bond motifs is 1. The molecule has 180 valence electrons. The molecule has 2 heterocycles. The summed E-state index contributed by atoms with van der Waals surface area (Å²) in [6, 6.07) is 20.2. The number of ether oxygens (including phenoxy) is 3. The average molecular weight is 473 g/mol. The molecular weight excluding hydrogens is 444 g/mol. The van der Waals surface area contributed by atoms with Crippen LogP contribution in [0.15, 0.2) is 66.7 Å². The van der Waals surface area contributed by atoms with Gasteiger partial charge in [-0.3, -0.25) is 14.5 Å². The Labute approximate surface area is 204 Å². The lowest BCUT2D eigenvalue weighted by atomic mass is 9.86. The molecule has 0 aliphatic carbocycles. The maximum atomic E-state index is 13.6. The van der Waals surface area contributed by atoms with E-state index in [4.69, 9.17) is 14.2 Å². The van der Waals surface area contributed by atoms with E-state index in [1.165, 1.54) is 4.90 Å². The maximum Gasteiger partial charge on any atom is 0.251 e. The molecular formula is C28H28N2O5. The van der Waals surface area contributed by atoms with Gasteiger partial charge in [-0.05, 0) is 59.5 Å². The second kappa shape index (κ2) is 9.43. The minimum atomic E-state index is -0.559. The molecule has 1 saturated heterocycles. The highest BCUT2D eigenvalue weighted by Gasteiger charge is 2.46. The van der Waals surface area contributed by atoms with Gasteiger partial charge in [0.15, 0.2) is 11.5 Å². The highest BCUT2D eigenvalue weighted by molar-refractivity contribution is 6.22. The molecule has 0 unspecified atom stereocenters. The van der Waals surface area contributed by atoms with Crippen LogP contribution in [0.25, 0.3) is 0 Å². The Morgan fingerprint density at radius 2 is 1.51 bits per heavy atom. The fourth-order valence-corrected chi connectivity index (χ4v) is 5.18. The van der Waals surface area contributed by atoms with Crippen molar-refractivity contribution in [1.82, 2.24) is 4.90 Å². The van der Waals surface area contributed by atoms with Gasteiger partial charge in [-0.25, -0.2) is 4.90 Å². The largest absolute Gasteiger partial charge is 0.497 e. The Hall–Kier alpha value is -3.84. The van der Waals surface area contributed by atoms with E-state index in [1.807, 2.05) is 54.6 Å². The summed E-state index contributed by atoms with van der Waals surface area (Å²) in [4.78, 5) is 30.1. The SMILES string of the molecule is COc1ccc([C@@H]2c3cc(OC)c(OC)cc3CCN2[C@H]2CC(=O)N(c3ccccc3)C2=O)cc1. The molecule has 2 aliphatic heterocycles. The zero-order chi connectivity index (χ0) is 24.5. The summed E-state index contributed by atoms with van der Waals surface area (Å²) in [6.07, 6.45) is 0.870. The zero-order valence-corrected chi connectivity index (χ0v) is 20.1. The first-order valence-corrected chi connectivity index (χ1v) is 11.6. The van der Waals surface area contributed by atoms with Crippen LogP contribution in [0.5, 0.6) is 17.2 Å². The zero-order valence-electron chi connectivity index (χ0n) is 20.1. The predicted molar refractivity (Wildman–Crippen MR) is 132 cm³/mol. The molecule has 0 N–H and O–H groups in total. The number of rotatable bonds is 6. The van der Waals surface area contributed by atoms with Crippen LogP contribution in [0.3, 0.4) is 0 Å². The smallest absolute Gasteiger partial charge is 0.251 e. The Bertz CT molecular complexity index is 1240. The number of hydrogen-bond donors (Lipinski definition) is 0. The quantitative estimate of drug-likeness (QED) is 0.506. The van der Waals surface area contributed by atoms with Crippen molar-refractivity contribution in [2.24, 2.45) is 0 Å². The molecule has 0 radical (unpaired) electrons. The predicted octanol–water partition coefficient (Wildman–Crippen LogP) is 3.99. The number of benzene rings is 3. The second-order valence-electron chi connectivity index (χ2n) is 8.69. The molecule has 0 saturated carbocycles. The molecule has 35 heavy (non-hydrogen) atoms. The van der Waals surface area contributed by atoms with Gasteiger partial charge < -0.3 is 14.2 Å². The number of imide groups is 1. The lowest BCUT2D eigenvalue weighted by Crippen LogP contribution is -2.47. The number of amides is 2. The Morgan fingerprint density at radius 3 is 2.17 bits per heavy atom. The van der Waals surface area contributed by atoms with Gasteiger partial charge in [0.1, 0.15) is 5.75 Å². The monoisotopic (exact) mass is 472 g/mol. The molecule has 2 atom stereocenters. The van der Waals surface area contributed by atoms with Crippen molar-refractivity contribution < 1.29 is 23.8 Å². The van der Waals surface area contributed by atoms with E-state index in [1.54, 1.807) is 33.5 Å². The molecule has 7 nitrogen and oxygen atoms in total. The van der Waals surface area contributed by atoms with Gasteiger partial charge in [-0.1, -0.05) is 30.3 Å². The molecule has 1 fully saturated rings. The number of para-hydroxylation sites is 1. The Kier molecular flexibility index (Phi) is 6.17. The van der Waals surface area contributed by atoms with Gasteiger partial charge in [0.05, 0.1) is 45.5 Å². The average Bonchev–Trinajstić information content (AvgIpc) is 3.20. The third-order valence-electron chi connectivity index (χ3n) is 6.88. The van der Waals surface area contributed by atoms with Crippen LogP contribution in [0.2, 0.25) is 0 Å².